The molecule has 8 unspecified atom stereocenters. The lowest BCUT2D eigenvalue weighted by molar-refractivity contribution is -0.0967. The van der Waals surface area contributed by atoms with Gasteiger partial charge in [-0.2, -0.15) is 0 Å². The van der Waals surface area contributed by atoms with Crippen LogP contribution in [0.25, 0.3) is 0 Å². The van der Waals surface area contributed by atoms with Gasteiger partial charge in [0.05, 0.1) is 0 Å². The molecule has 8 atom stereocenters. The van der Waals surface area contributed by atoms with E-state index in [1.54, 1.807) is 44.9 Å². The molecule has 0 radical (unpaired) electrons. The van der Waals surface area contributed by atoms with Gasteiger partial charge >= 0.3 is 0 Å². The molecule has 168 valence electrons. The minimum atomic E-state index is 0.796. The Hall–Kier alpha value is -0.0400. The monoisotopic (exact) mass is 401 g/mol. The molecule has 2 bridgehead atoms. The molecular weight excluding hydrogens is 350 g/mol. The molecule has 5 aliphatic rings. The molecule has 0 aromatic heterocycles. The van der Waals surface area contributed by atoms with Crippen LogP contribution < -0.4 is 5.32 Å². The average molecular weight is 402 g/mol. The van der Waals surface area contributed by atoms with Gasteiger partial charge in [-0.25, -0.2) is 0 Å². The summed E-state index contributed by atoms with van der Waals surface area (Å²) in [7, 11) is 2.26. The summed E-state index contributed by atoms with van der Waals surface area (Å²) in [4.78, 5) is 0. The van der Waals surface area contributed by atoms with Gasteiger partial charge in [0.25, 0.3) is 0 Å². The zero-order valence-corrected chi connectivity index (χ0v) is 20.2. The van der Waals surface area contributed by atoms with E-state index in [1.165, 1.54) is 44.9 Å². The van der Waals surface area contributed by atoms with E-state index in [0.29, 0.717) is 0 Å². The SMILES string of the molecule is CCCC1C(NC)CC2CC(CC)C2C1C1CCCCC2CC(C2)CC(CC)C1. The molecule has 1 nitrogen and oxygen atoms in total. The van der Waals surface area contributed by atoms with E-state index in [4.69, 9.17) is 0 Å². The van der Waals surface area contributed by atoms with Crippen molar-refractivity contribution in [2.24, 2.45) is 53.3 Å². The highest BCUT2D eigenvalue weighted by Gasteiger charge is 2.54. The lowest BCUT2D eigenvalue weighted by atomic mass is 9.47. The molecule has 0 heterocycles. The first-order valence-corrected chi connectivity index (χ1v) is 13.9. The van der Waals surface area contributed by atoms with Crippen LogP contribution in [0.4, 0.5) is 0 Å². The Morgan fingerprint density at radius 3 is 2.21 bits per heavy atom. The van der Waals surface area contributed by atoms with Gasteiger partial charge in [0.15, 0.2) is 0 Å². The minimum Gasteiger partial charge on any atom is -0.317 e. The van der Waals surface area contributed by atoms with Crippen molar-refractivity contribution in [2.75, 3.05) is 7.05 Å². The Balaban J connectivity index is 1.57. The van der Waals surface area contributed by atoms with Gasteiger partial charge in [-0.3, -0.25) is 0 Å². The maximum atomic E-state index is 3.82. The van der Waals surface area contributed by atoms with Crippen molar-refractivity contribution < 1.29 is 0 Å². The van der Waals surface area contributed by atoms with Crippen LogP contribution in [0.5, 0.6) is 0 Å². The third-order valence-corrected chi connectivity index (χ3v) is 10.4. The Morgan fingerprint density at radius 1 is 0.724 bits per heavy atom. The van der Waals surface area contributed by atoms with Crippen LogP contribution >= 0.6 is 0 Å². The van der Waals surface area contributed by atoms with Crippen molar-refractivity contribution in [2.45, 2.75) is 117 Å². The largest absolute Gasteiger partial charge is 0.317 e. The Kier molecular flexibility index (Phi) is 7.68. The fraction of sp³-hybridized carbons (Fsp3) is 1.00. The van der Waals surface area contributed by atoms with Crippen LogP contribution in [-0.4, -0.2) is 13.1 Å². The van der Waals surface area contributed by atoms with Gasteiger partial charge in [0.2, 0.25) is 0 Å². The fourth-order valence-corrected chi connectivity index (χ4v) is 8.93. The third kappa shape index (κ3) is 4.61. The number of hydrogen-bond acceptors (Lipinski definition) is 1. The highest BCUT2D eigenvalue weighted by atomic mass is 14.9. The number of rotatable bonds is 6. The molecule has 5 saturated carbocycles. The minimum absolute atomic E-state index is 0.796. The third-order valence-electron chi connectivity index (χ3n) is 10.4. The van der Waals surface area contributed by atoms with Gasteiger partial charge in [-0.15, -0.1) is 0 Å². The van der Waals surface area contributed by atoms with Crippen LogP contribution in [0, 0.1) is 53.3 Å². The Bertz CT molecular complexity index is 495. The molecule has 0 aromatic rings. The average Bonchev–Trinajstić information content (AvgIpc) is 2.75. The highest BCUT2D eigenvalue weighted by Crippen LogP contribution is 2.59. The molecule has 0 amide bonds. The van der Waals surface area contributed by atoms with E-state index in [1.807, 2.05) is 0 Å². The first-order valence-electron chi connectivity index (χ1n) is 13.9. The Labute approximate surface area is 182 Å². The zero-order valence-electron chi connectivity index (χ0n) is 20.2. The van der Waals surface area contributed by atoms with Gasteiger partial charge in [-0.1, -0.05) is 65.7 Å². The van der Waals surface area contributed by atoms with Crippen LogP contribution in [-0.2, 0) is 0 Å². The fourth-order valence-electron chi connectivity index (χ4n) is 8.93. The topological polar surface area (TPSA) is 12.0 Å². The summed E-state index contributed by atoms with van der Waals surface area (Å²) >= 11 is 0. The molecule has 5 rings (SSSR count). The lowest BCUT2D eigenvalue weighted by Gasteiger charge is -2.60. The van der Waals surface area contributed by atoms with Crippen molar-refractivity contribution >= 4 is 0 Å². The summed E-state index contributed by atoms with van der Waals surface area (Å²) in [6.07, 6.45) is 21.2. The van der Waals surface area contributed by atoms with E-state index in [-0.39, 0.29) is 0 Å². The molecule has 0 saturated heterocycles. The normalized spacial score (nSPS) is 48.0. The Morgan fingerprint density at radius 2 is 1.52 bits per heavy atom. The van der Waals surface area contributed by atoms with E-state index >= 15 is 0 Å². The molecule has 5 aliphatic carbocycles. The molecule has 0 aromatic carbocycles. The van der Waals surface area contributed by atoms with Crippen molar-refractivity contribution in [3.63, 3.8) is 0 Å². The molecule has 29 heavy (non-hydrogen) atoms. The second kappa shape index (κ2) is 10.1. The van der Waals surface area contributed by atoms with Gasteiger partial charge in [0.1, 0.15) is 0 Å². The molecule has 0 aliphatic heterocycles. The van der Waals surface area contributed by atoms with Crippen LogP contribution in [0.15, 0.2) is 0 Å². The lowest BCUT2D eigenvalue weighted by Crippen LogP contribution is -2.57. The van der Waals surface area contributed by atoms with E-state index in [9.17, 15) is 0 Å². The van der Waals surface area contributed by atoms with Crippen LogP contribution in [0.3, 0.4) is 0 Å². The maximum Gasteiger partial charge on any atom is 0.00979 e. The van der Waals surface area contributed by atoms with E-state index < -0.39 is 0 Å². The second-order valence-corrected chi connectivity index (χ2v) is 11.9. The molecule has 1 N–H and O–H groups in total. The van der Waals surface area contributed by atoms with E-state index in [2.05, 4.69) is 33.1 Å². The quantitative estimate of drug-likeness (QED) is 0.481. The summed E-state index contributed by atoms with van der Waals surface area (Å²) in [5, 5.41) is 3.82. The van der Waals surface area contributed by atoms with Crippen molar-refractivity contribution in [1.82, 2.24) is 5.32 Å². The van der Waals surface area contributed by atoms with Crippen molar-refractivity contribution in [3.05, 3.63) is 0 Å². The maximum absolute atomic E-state index is 3.82. The molecule has 5 fully saturated rings. The number of hydrogen-bond donors (Lipinski definition) is 1. The standard InChI is InChI=1S/C28H51N/c1-5-10-25-26(29-4)18-24-17-22(7-3)27(24)28(25)23-12-9-8-11-20-14-21(15-20)13-19(6-2)16-23/h19-29H,5-18H2,1-4H3. The van der Waals surface area contributed by atoms with Crippen LogP contribution in [0.1, 0.15) is 111 Å². The van der Waals surface area contributed by atoms with Gasteiger partial charge < -0.3 is 5.32 Å². The summed E-state index contributed by atoms with van der Waals surface area (Å²) in [5.41, 5.74) is 0. The first-order chi connectivity index (χ1) is 14.2. The number of fused-ring (bicyclic) bond motifs is 8. The summed E-state index contributed by atoms with van der Waals surface area (Å²) in [6, 6.07) is 0.796. The summed E-state index contributed by atoms with van der Waals surface area (Å²) in [5.74, 6) is 9.36. The zero-order chi connectivity index (χ0) is 20.4. The van der Waals surface area contributed by atoms with E-state index in [0.717, 1.165) is 59.3 Å². The molecule has 1 heteroatoms. The predicted octanol–water partition coefficient (Wildman–Crippen LogP) is 7.70. The number of nitrogens with one attached hydrogen (secondary N) is 1. The summed E-state index contributed by atoms with van der Waals surface area (Å²) in [6.45, 7) is 7.42. The van der Waals surface area contributed by atoms with Crippen molar-refractivity contribution in [1.29, 1.82) is 0 Å². The van der Waals surface area contributed by atoms with Gasteiger partial charge in [-0.05, 0) is 105 Å². The molecule has 0 spiro atoms. The second-order valence-electron chi connectivity index (χ2n) is 11.9. The highest BCUT2D eigenvalue weighted by molar-refractivity contribution is 5.04. The molecular formula is C28H51N. The predicted molar refractivity (Wildman–Crippen MR) is 126 cm³/mol. The smallest absolute Gasteiger partial charge is 0.00979 e. The van der Waals surface area contributed by atoms with Crippen molar-refractivity contribution in [3.8, 4) is 0 Å². The van der Waals surface area contributed by atoms with Crippen LogP contribution in [0.2, 0.25) is 0 Å². The van der Waals surface area contributed by atoms with Gasteiger partial charge in [0, 0.05) is 6.04 Å². The first kappa shape index (κ1) is 22.2. The summed E-state index contributed by atoms with van der Waals surface area (Å²) < 4.78 is 0.